The van der Waals surface area contributed by atoms with E-state index >= 15 is 0 Å². The molecule has 1 unspecified atom stereocenters. The maximum Gasteiger partial charge on any atom is 0.148 e. The molecule has 0 saturated heterocycles. The molecule has 0 radical (unpaired) electrons. The first-order chi connectivity index (χ1) is 8.83. The highest BCUT2D eigenvalue weighted by molar-refractivity contribution is 9.10. The summed E-state index contributed by atoms with van der Waals surface area (Å²) in [5.41, 5.74) is 1.36. The summed E-state index contributed by atoms with van der Waals surface area (Å²) in [5, 5.41) is 3.40. The lowest BCUT2D eigenvalue weighted by Gasteiger charge is -2.38. The van der Waals surface area contributed by atoms with E-state index in [0.717, 1.165) is 17.3 Å². The predicted molar refractivity (Wildman–Crippen MR) is 82.2 cm³/mol. The Morgan fingerprint density at radius 2 is 2.11 bits per heavy atom. The molecule has 1 atom stereocenters. The monoisotopic (exact) mass is 345 g/mol. The van der Waals surface area contributed by atoms with Gasteiger partial charge in [-0.1, -0.05) is 28.1 Å². The maximum absolute atomic E-state index is 11.2. The molecule has 0 aliphatic heterocycles. The van der Waals surface area contributed by atoms with Gasteiger partial charge < -0.3 is 5.32 Å². The van der Waals surface area contributed by atoms with Gasteiger partial charge >= 0.3 is 0 Å². The third kappa shape index (κ3) is 4.58. The van der Waals surface area contributed by atoms with Gasteiger partial charge in [0.05, 0.1) is 5.75 Å². The number of benzene rings is 1. The van der Waals surface area contributed by atoms with E-state index in [9.17, 15) is 8.42 Å². The average Bonchev–Trinajstić information content (AvgIpc) is 2.20. The third-order valence-corrected chi connectivity index (χ3v) is 5.13. The van der Waals surface area contributed by atoms with Crippen molar-refractivity contribution in [3.05, 3.63) is 34.3 Å². The molecule has 0 heterocycles. The molecule has 1 fully saturated rings. The van der Waals surface area contributed by atoms with Crippen LogP contribution in [0.4, 0.5) is 0 Å². The van der Waals surface area contributed by atoms with Crippen LogP contribution in [0.1, 0.15) is 31.2 Å². The lowest BCUT2D eigenvalue weighted by atomic mass is 9.75. The molecular formula is C14H20BrNO2S. The first-order valence-electron chi connectivity index (χ1n) is 6.53. The van der Waals surface area contributed by atoms with Crippen molar-refractivity contribution in [1.82, 2.24) is 5.32 Å². The van der Waals surface area contributed by atoms with E-state index in [1.165, 1.54) is 11.8 Å². The quantitative estimate of drug-likeness (QED) is 0.892. The number of hydrogen-bond acceptors (Lipinski definition) is 3. The zero-order chi connectivity index (χ0) is 14.0. The Morgan fingerprint density at radius 1 is 1.42 bits per heavy atom. The van der Waals surface area contributed by atoms with E-state index in [-0.39, 0.29) is 11.8 Å². The largest absolute Gasteiger partial charge is 0.310 e. The summed E-state index contributed by atoms with van der Waals surface area (Å²) in [6.45, 7) is 1.94. The predicted octanol–water partition coefficient (Wildman–Crippen LogP) is 2.72. The van der Waals surface area contributed by atoms with Crippen LogP contribution in [0, 0.1) is 0 Å². The molecule has 1 aromatic carbocycles. The minimum absolute atomic E-state index is 0.0310. The van der Waals surface area contributed by atoms with Crippen molar-refractivity contribution >= 4 is 25.8 Å². The molecule has 1 saturated carbocycles. The second kappa shape index (κ2) is 5.94. The van der Waals surface area contributed by atoms with Gasteiger partial charge in [0, 0.05) is 22.8 Å². The highest BCUT2D eigenvalue weighted by Crippen LogP contribution is 2.37. The van der Waals surface area contributed by atoms with Gasteiger partial charge in [-0.25, -0.2) is 8.42 Å². The molecule has 5 heteroatoms. The molecule has 1 aliphatic carbocycles. The summed E-state index contributed by atoms with van der Waals surface area (Å²) in [6.07, 6.45) is 3.46. The minimum Gasteiger partial charge on any atom is -0.310 e. The van der Waals surface area contributed by atoms with Gasteiger partial charge in [-0.05, 0) is 43.4 Å². The molecule has 0 amide bonds. The first kappa shape index (κ1) is 15.0. The Kier molecular flexibility index (Phi) is 4.69. The van der Waals surface area contributed by atoms with Crippen LogP contribution in [0.5, 0.6) is 0 Å². The van der Waals surface area contributed by atoms with Crippen molar-refractivity contribution in [1.29, 1.82) is 0 Å². The number of nitrogens with one attached hydrogen (secondary N) is 1. The Morgan fingerprint density at radius 3 is 2.68 bits per heavy atom. The fraction of sp³-hybridized carbons (Fsp3) is 0.571. The zero-order valence-electron chi connectivity index (χ0n) is 11.3. The van der Waals surface area contributed by atoms with Gasteiger partial charge in [-0.15, -0.1) is 0 Å². The number of halogens is 1. The van der Waals surface area contributed by atoms with Crippen LogP contribution in [-0.2, 0) is 9.84 Å². The summed E-state index contributed by atoms with van der Waals surface area (Å²) in [7, 11) is -2.89. The van der Waals surface area contributed by atoms with Crippen LogP contribution in [0.2, 0.25) is 0 Å². The number of sulfone groups is 1. The molecular weight excluding hydrogens is 326 g/mol. The second-order valence-corrected chi connectivity index (χ2v) is 8.68. The summed E-state index contributed by atoms with van der Waals surface area (Å²) in [4.78, 5) is 0. The standard InChI is InChI=1S/C14H20BrNO2S/c1-10(9-19(2,17)18)16-14-7-12(8-14)11-4-3-5-13(15)6-11/h3-6,10,12,14,16H,7-9H2,1-2H3. The Labute approximate surface area is 123 Å². The molecule has 0 aromatic heterocycles. The Balaban J connectivity index is 1.80. The number of rotatable bonds is 5. The van der Waals surface area contributed by atoms with E-state index in [1.807, 2.05) is 13.0 Å². The number of hydrogen-bond donors (Lipinski definition) is 1. The van der Waals surface area contributed by atoms with Crippen molar-refractivity contribution < 1.29 is 8.42 Å². The van der Waals surface area contributed by atoms with E-state index in [0.29, 0.717) is 12.0 Å². The van der Waals surface area contributed by atoms with Gasteiger partial charge in [0.1, 0.15) is 9.84 Å². The first-order valence-corrected chi connectivity index (χ1v) is 9.38. The van der Waals surface area contributed by atoms with Crippen molar-refractivity contribution in [2.24, 2.45) is 0 Å². The van der Waals surface area contributed by atoms with Crippen LogP contribution >= 0.6 is 15.9 Å². The van der Waals surface area contributed by atoms with Gasteiger partial charge in [0.15, 0.2) is 0 Å². The SMILES string of the molecule is CC(CS(C)(=O)=O)NC1CC(c2cccc(Br)c2)C1. The average molecular weight is 346 g/mol. The van der Waals surface area contributed by atoms with Crippen LogP contribution in [0.15, 0.2) is 28.7 Å². The van der Waals surface area contributed by atoms with E-state index < -0.39 is 9.84 Å². The van der Waals surface area contributed by atoms with E-state index in [4.69, 9.17) is 0 Å². The highest BCUT2D eigenvalue weighted by atomic mass is 79.9. The maximum atomic E-state index is 11.2. The molecule has 3 nitrogen and oxygen atoms in total. The Hall–Kier alpha value is -0.390. The fourth-order valence-electron chi connectivity index (χ4n) is 2.69. The van der Waals surface area contributed by atoms with Crippen LogP contribution < -0.4 is 5.32 Å². The summed E-state index contributed by atoms with van der Waals surface area (Å²) in [5.74, 6) is 0.811. The van der Waals surface area contributed by atoms with Crippen molar-refractivity contribution in [2.45, 2.75) is 37.8 Å². The topological polar surface area (TPSA) is 46.2 Å². The molecule has 2 rings (SSSR count). The highest BCUT2D eigenvalue weighted by Gasteiger charge is 2.31. The molecule has 1 N–H and O–H groups in total. The smallest absolute Gasteiger partial charge is 0.148 e. The van der Waals surface area contributed by atoms with Crippen LogP contribution in [0.3, 0.4) is 0 Å². The summed E-state index contributed by atoms with van der Waals surface area (Å²) in [6, 6.07) is 8.90. The fourth-order valence-corrected chi connectivity index (χ4v) is 4.11. The molecule has 19 heavy (non-hydrogen) atoms. The van der Waals surface area contributed by atoms with E-state index in [2.05, 4.69) is 39.4 Å². The van der Waals surface area contributed by atoms with Crippen molar-refractivity contribution in [2.75, 3.05) is 12.0 Å². The molecule has 106 valence electrons. The van der Waals surface area contributed by atoms with Crippen LogP contribution in [-0.4, -0.2) is 32.5 Å². The summed E-state index contributed by atoms with van der Waals surface area (Å²) < 4.78 is 23.5. The van der Waals surface area contributed by atoms with Gasteiger partial charge in [-0.2, -0.15) is 0 Å². The normalized spacial score (nSPS) is 24.8. The van der Waals surface area contributed by atoms with E-state index in [1.54, 1.807) is 0 Å². The molecule has 1 aliphatic rings. The third-order valence-electron chi connectivity index (χ3n) is 3.53. The Bertz CT molecular complexity index is 538. The van der Waals surface area contributed by atoms with Crippen LogP contribution in [0.25, 0.3) is 0 Å². The van der Waals surface area contributed by atoms with Gasteiger partial charge in [-0.3, -0.25) is 0 Å². The van der Waals surface area contributed by atoms with Crippen molar-refractivity contribution in [3.63, 3.8) is 0 Å². The second-order valence-electron chi connectivity index (χ2n) is 5.58. The zero-order valence-corrected chi connectivity index (χ0v) is 13.7. The molecule has 0 bridgehead atoms. The lowest BCUT2D eigenvalue weighted by Crippen LogP contribution is -2.46. The minimum atomic E-state index is -2.89. The van der Waals surface area contributed by atoms with Gasteiger partial charge in [0.2, 0.25) is 0 Å². The van der Waals surface area contributed by atoms with Crippen molar-refractivity contribution in [3.8, 4) is 0 Å². The summed E-state index contributed by atoms with van der Waals surface area (Å²) >= 11 is 3.49. The lowest BCUT2D eigenvalue weighted by molar-refractivity contribution is 0.275. The molecule has 0 spiro atoms. The van der Waals surface area contributed by atoms with Gasteiger partial charge in [0.25, 0.3) is 0 Å². The molecule has 1 aromatic rings.